The van der Waals surface area contributed by atoms with Gasteiger partial charge in [0.05, 0.1) is 27.7 Å². The van der Waals surface area contributed by atoms with E-state index in [4.69, 9.17) is 9.98 Å². The SMILES string of the molecule is CC1CCN(C(=O)c2ccc(-c3cc(=NC4CC4)n4ncc(=Cc5[nH]c(=O)[nH]c5O)c4n3)s2)C1. The first kappa shape index (κ1) is 20.8. The lowest BCUT2D eigenvalue weighted by Crippen LogP contribution is -2.27. The van der Waals surface area contributed by atoms with Crippen LogP contribution in [0.1, 0.15) is 41.6 Å². The fourth-order valence-electron chi connectivity index (χ4n) is 4.19. The van der Waals surface area contributed by atoms with Crippen LogP contribution in [-0.4, -0.2) is 59.6 Å². The molecular formula is C23H23N7O3S. The number of hydrogen-bond acceptors (Lipinski definition) is 7. The van der Waals surface area contributed by atoms with E-state index in [0.29, 0.717) is 32.8 Å². The smallest absolute Gasteiger partial charge is 0.326 e. The predicted molar refractivity (Wildman–Crippen MR) is 126 cm³/mol. The van der Waals surface area contributed by atoms with E-state index < -0.39 is 5.69 Å². The Hall–Kier alpha value is -3.73. The number of hydrogen-bond donors (Lipinski definition) is 3. The number of rotatable bonds is 4. The van der Waals surface area contributed by atoms with E-state index in [1.165, 1.54) is 11.3 Å². The Labute approximate surface area is 197 Å². The number of H-pyrrole nitrogens is 2. The minimum Gasteiger partial charge on any atom is -0.493 e. The number of aromatic nitrogens is 5. The molecule has 2 fully saturated rings. The second-order valence-corrected chi connectivity index (χ2v) is 10.1. The highest BCUT2D eigenvalue weighted by Crippen LogP contribution is 2.29. The zero-order valence-corrected chi connectivity index (χ0v) is 19.3. The average molecular weight is 478 g/mol. The summed E-state index contributed by atoms with van der Waals surface area (Å²) in [6.07, 6.45) is 6.37. The topological polar surface area (TPSA) is 132 Å². The highest BCUT2D eigenvalue weighted by atomic mass is 32.1. The molecule has 1 saturated heterocycles. The third-order valence-corrected chi connectivity index (χ3v) is 7.25. The minimum absolute atomic E-state index is 0.0647. The molecule has 5 heterocycles. The third-order valence-electron chi connectivity index (χ3n) is 6.16. The van der Waals surface area contributed by atoms with E-state index >= 15 is 0 Å². The van der Waals surface area contributed by atoms with Crippen molar-refractivity contribution in [2.24, 2.45) is 10.9 Å². The van der Waals surface area contributed by atoms with Crippen LogP contribution in [0.5, 0.6) is 5.88 Å². The number of thiophene rings is 1. The Morgan fingerprint density at radius 3 is 2.85 bits per heavy atom. The molecular weight excluding hydrogens is 454 g/mol. The van der Waals surface area contributed by atoms with Gasteiger partial charge in [0.25, 0.3) is 5.91 Å². The second kappa shape index (κ2) is 7.94. The summed E-state index contributed by atoms with van der Waals surface area (Å²) in [7, 11) is 0. The van der Waals surface area contributed by atoms with Gasteiger partial charge in [-0.15, -0.1) is 11.3 Å². The predicted octanol–water partition coefficient (Wildman–Crippen LogP) is 1.27. The van der Waals surface area contributed by atoms with Gasteiger partial charge in [0.2, 0.25) is 5.88 Å². The van der Waals surface area contributed by atoms with Crippen molar-refractivity contribution in [3.05, 3.63) is 56.2 Å². The van der Waals surface area contributed by atoms with E-state index in [2.05, 4.69) is 22.0 Å². The molecule has 1 amide bonds. The van der Waals surface area contributed by atoms with Gasteiger partial charge in [-0.05, 0) is 43.4 Å². The number of aromatic amines is 2. The second-order valence-electron chi connectivity index (χ2n) is 8.99. The van der Waals surface area contributed by atoms with Crippen molar-refractivity contribution in [1.29, 1.82) is 0 Å². The molecule has 0 bridgehead atoms. The number of fused-ring (bicyclic) bond motifs is 1. The Bertz CT molecular complexity index is 1590. The number of nitrogens with zero attached hydrogens (tertiary/aromatic N) is 5. The largest absolute Gasteiger partial charge is 0.493 e. The molecule has 1 aliphatic heterocycles. The van der Waals surface area contributed by atoms with Gasteiger partial charge in [0.1, 0.15) is 5.69 Å². The van der Waals surface area contributed by atoms with Crippen LogP contribution in [0.2, 0.25) is 0 Å². The first-order chi connectivity index (χ1) is 16.4. The molecule has 10 nitrogen and oxygen atoms in total. The van der Waals surface area contributed by atoms with Crippen molar-refractivity contribution in [2.75, 3.05) is 13.1 Å². The van der Waals surface area contributed by atoms with Crippen LogP contribution in [0.15, 0.2) is 34.2 Å². The van der Waals surface area contributed by atoms with Crippen molar-refractivity contribution in [3.63, 3.8) is 0 Å². The summed E-state index contributed by atoms with van der Waals surface area (Å²) in [6, 6.07) is 5.96. The molecule has 4 aromatic heterocycles. The van der Waals surface area contributed by atoms with Crippen LogP contribution in [0, 0.1) is 5.92 Å². The molecule has 0 spiro atoms. The summed E-state index contributed by atoms with van der Waals surface area (Å²) in [5, 5.41) is 15.0. The van der Waals surface area contributed by atoms with Crippen molar-refractivity contribution in [3.8, 4) is 16.5 Å². The van der Waals surface area contributed by atoms with Crippen LogP contribution in [0.25, 0.3) is 22.3 Å². The van der Waals surface area contributed by atoms with E-state index in [-0.39, 0.29) is 23.5 Å². The van der Waals surface area contributed by atoms with Crippen LogP contribution in [0.4, 0.5) is 0 Å². The molecule has 1 unspecified atom stereocenters. The number of nitrogens with one attached hydrogen (secondary N) is 2. The maximum Gasteiger partial charge on any atom is 0.326 e. The molecule has 0 aromatic carbocycles. The van der Waals surface area contributed by atoms with Gasteiger partial charge in [0.15, 0.2) is 11.1 Å². The molecule has 6 rings (SSSR count). The van der Waals surface area contributed by atoms with Crippen LogP contribution >= 0.6 is 11.3 Å². The number of imidazole rings is 1. The summed E-state index contributed by atoms with van der Waals surface area (Å²) < 4.78 is 1.67. The molecule has 1 saturated carbocycles. The molecule has 1 atom stereocenters. The fraction of sp³-hybridized carbons (Fsp3) is 0.348. The number of carbonyl (C=O) groups is 1. The molecule has 1 aliphatic carbocycles. The zero-order valence-electron chi connectivity index (χ0n) is 18.5. The number of likely N-dealkylation sites (tertiary alicyclic amines) is 1. The fourth-order valence-corrected chi connectivity index (χ4v) is 5.12. The lowest BCUT2D eigenvalue weighted by Gasteiger charge is -2.14. The zero-order chi connectivity index (χ0) is 23.4. The maximum atomic E-state index is 12.9. The Kier molecular flexibility index (Phi) is 4.87. The first-order valence-corrected chi connectivity index (χ1v) is 12.1. The highest BCUT2D eigenvalue weighted by molar-refractivity contribution is 7.17. The van der Waals surface area contributed by atoms with Gasteiger partial charge in [-0.2, -0.15) is 9.61 Å². The van der Waals surface area contributed by atoms with E-state index in [1.807, 2.05) is 23.1 Å². The molecule has 34 heavy (non-hydrogen) atoms. The summed E-state index contributed by atoms with van der Waals surface area (Å²) in [5.41, 5.74) is 1.68. The number of aromatic hydroxyl groups is 1. The average Bonchev–Trinajstić information content (AvgIpc) is 3.18. The maximum absolute atomic E-state index is 12.9. The van der Waals surface area contributed by atoms with Gasteiger partial charge in [-0.1, -0.05) is 6.92 Å². The Morgan fingerprint density at radius 1 is 1.29 bits per heavy atom. The lowest BCUT2D eigenvalue weighted by molar-refractivity contribution is 0.0793. The summed E-state index contributed by atoms with van der Waals surface area (Å²) in [4.78, 5) is 42.4. The molecule has 2 aliphatic rings. The van der Waals surface area contributed by atoms with Crippen molar-refractivity contribution in [1.82, 2.24) is 29.5 Å². The quantitative estimate of drug-likeness (QED) is 0.407. The van der Waals surface area contributed by atoms with Gasteiger partial charge in [-0.25, -0.2) is 9.78 Å². The standard InChI is InChI=1S/C23H23N7O3S/c1-12-6-7-29(11-12)22(32)18-5-4-17(34-18)15-9-19(25-14-2-3-14)30-20(26-15)13(10-24-30)8-16-21(31)28-23(33)27-16/h4-5,8-10,12,14,31H,2-3,6-7,11H2,1H3,(H2,27,28,33). The van der Waals surface area contributed by atoms with E-state index in [0.717, 1.165) is 37.2 Å². The summed E-state index contributed by atoms with van der Waals surface area (Å²) in [5.74, 6) is 0.348. The monoisotopic (exact) mass is 477 g/mol. The molecule has 4 aromatic rings. The van der Waals surface area contributed by atoms with Crippen molar-refractivity contribution < 1.29 is 9.90 Å². The number of carbonyl (C=O) groups excluding carboxylic acids is 1. The number of amides is 1. The Balaban J connectivity index is 1.46. The minimum atomic E-state index is -0.499. The van der Waals surface area contributed by atoms with Crippen LogP contribution in [-0.2, 0) is 0 Å². The van der Waals surface area contributed by atoms with Gasteiger partial charge < -0.3 is 15.0 Å². The Morgan fingerprint density at radius 2 is 2.15 bits per heavy atom. The summed E-state index contributed by atoms with van der Waals surface area (Å²) in [6.45, 7) is 3.76. The molecule has 174 valence electrons. The van der Waals surface area contributed by atoms with Gasteiger partial charge in [-0.3, -0.25) is 14.8 Å². The van der Waals surface area contributed by atoms with Gasteiger partial charge in [0, 0.05) is 24.4 Å². The third kappa shape index (κ3) is 3.81. The van der Waals surface area contributed by atoms with Crippen molar-refractivity contribution in [2.45, 2.75) is 32.2 Å². The molecule has 3 N–H and O–H groups in total. The van der Waals surface area contributed by atoms with Gasteiger partial charge >= 0.3 is 5.69 Å². The van der Waals surface area contributed by atoms with E-state index in [9.17, 15) is 14.7 Å². The lowest BCUT2D eigenvalue weighted by atomic mass is 10.2. The molecule has 11 heteroatoms. The van der Waals surface area contributed by atoms with Crippen molar-refractivity contribution >= 4 is 29.0 Å². The highest BCUT2D eigenvalue weighted by Gasteiger charge is 2.25. The van der Waals surface area contributed by atoms with Crippen LogP contribution < -0.4 is 16.4 Å². The van der Waals surface area contributed by atoms with E-state index in [1.54, 1.807) is 16.8 Å². The van der Waals surface area contributed by atoms with Crippen LogP contribution in [0.3, 0.4) is 0 Å². The first-order valence-electron chi connectivity index (χ1n) is 11.3. The molecule has 0 radical (unpaired) electrons. The summed E-state index contributed by atoms with van der Waals surface area (Å²) >= 11 is 1.42. The normalized spacial score (nSPS) is 19.6.